The third-order valence-electron chi connectivity index (χ3n) is 2.07. The van der Waals surface area contributed by atoms with Gasteiger partial charge in [0.25, 0.3) is 0 Å². The van der Waals surface area contributed by atoms with Crippen LogP contribution in [0.15, 0.2) is 30.3 Å². The van der Waals surface area contributed by atoms with Crippen molar-refractivity contribution in [2.75, 3.05) is 5.43 Å². The molecule has 0 fully saturated rings. The van der Waals surface area contributed by atoms with Gasteiger partial charge >= 0.3 is 0 Å². The first kappa shape index (κ1) is 14.8. The third kappa shape index (κ3) is 6.30. The molecule has 3 nitrogen and oxygen atoms in total. The molecule has 4 heteroatoms. The van der Waals surface area contributed by atoms with Gasteiger partial charge in [0.1, 0.15) is 0 Å². The van der Waals surface area contributed by atoms with Gasteiger partial charge in [0, 0.05) is 6.42 Å². The SMILES string of the molecule is CC(C)CCC(=O)NNc1ccccc1.Cl. The number of carbonyl (C=O) groups is 1. The van der Waals surface area contributed by atoms with Crippen LogP contribution in [-0.4, -0.2) is 5.91 Å². The van der Waals surface area contributed by atoms with E-state index in [0.29, 0.717) is 12.3 Å². The van der Waals surface area contributed by atoms with Crippen LogP contribution in [0, 0.1) is 5.92 Å². The summed E-state index contributed by atoms with van der Waals surface area (Å²) in [7, 11) is 0. The van der Waals surface area contributed by atoms with Gasteiger partial charge in [-0.15, -0.1) is 12.4 Å². The van der Waals surface area contributed by atoms with Crippen LogP contribution < -0.4 is 10.9 Å². The van der Waals surface area contributed by atoms with E-state index in [1.54, 1.807) is 0 Å². The van der Waals surface area contributed by atoms with Gasteiger partial charge in [-0.3, -0.25) is 15.6 Å². The molecule has 0 heterocycles. The molecule has 0 atom stereocenters. The van der Waals surface area contributed by atoms with Gasteiger partial charge < -0.3 is 0 Å². The molecule has 90 valence electrons. The van der Waals surface area contributed by atoms with E-state index in [1.165, 1.54) is 0 Å². The van der Waals surface area contributed by atoms with Crippen LogP contribution in [0.4, 0.5) is 5.69 Å². The summed E-state index contributed by atoms with van der Waals surface area (Å²) in [4.78, 5) is 11.3. The van der Waals surface area contributed by atoms with Gasteiger partial charge in [-0.25, -0.2) is 0 Å². The number of benzene rings is 1. The minimum absolute atomic E-state index is 0. The van der Waals surface area contributed by atoms with Gasteiger partial charge in [0.05, 0.1) is 5.69 Å². The average Bonchev–Trinajstić information content (AvgIpc) is 2.25. The van der Waals surface area contributed by atoms with E-state index in [4.69, 9.17) is 0 Å². The standard InChI is InChI=1S/C12H18N2O.ClH/c1-10(2)8-9-12(15)14-13-11-6-4-3-5-7-11;/h3-7,10,13H,8-9H2,1-2H3,(H,14,15);1H. The highest BCUT2D eigenvalue weighted by molar-refractivity contribution is 5.85. The summed E-state index contributed by atoms with van der Waals surface area (Å²) < 4.78 is 0. The van der Waals surface area contributed by atoms with E-state index in [9.17, 15) is 4.79 Å². The smallest absolute Gasteiger partial charge is 0.238 e. The number of nitrogens with one attached hydrogen (secondary N) is 2. The zero-order valence-corrected chi connectivity index (χ0v) is 10.5. The Kier molecular flexibility index (Phi) is 7.38. The number of hydrogen-bond acceptors (Lipinski definition) is 2. The Morgan fingerprint density at radius 3 is 2.44 bits per heavy atom. The van der Waals surface area contributed by atoms with E-state index < -0.39 is 0 Å². The molecule has 0 saturated carbocycles. The summed E-state index contributed by atoms with van der Waals surface area (Å²) in [5, 5.41) is 0. The van der Waals surface area contributed by atoms with Crippen LogP contribution in [-0.2, 0) is 4.79 Å². The third-order valence-corrected chi connectivity index (χ3v) is 2.07. The Balaban J connectivity index is 0.00000225. The molecule has 0 spiro atoms. The fourth-order valence-electron chi connectivity index (χ4n) is 1.15. The molecule has 0 aliphatic carbocycles. The molecule has 1 aromatic carbocycles. The molecule has 0 aliphatic rings. The normalized spacial score (nSPS) is 9.44. The second-order valence-electron chi connectivity index (χ2n) is 3.97. The fourth-order valence-corrected chi connectivity index (χ4v) is 1.15. The summed E-state index contributed by atoms with van der Waals surface area (Å²) in [6.45, 7) is 4.22. The molecule has 2 N–H and O–H groups in total. The first-order valence-corrected chi connectivity index (χ1v) is 5.28. The zero-order valence-electron chi connectivity index (χ0n) is 9.69. The van der Waals surface area contributed by atoms with Crippen LogP contribution in [0.1, 0.15) is 26.7 Å². The van der Waals surface area contributed by atoms with Crippen molar-refractivity contribution >= 4 is 24.0 Å². The molecule has 0 radical (unpaired) electrons. The van der Waals surface area contributed by atoms with Crippen molar-refractivity contribution in [3.05, 3.63) is 30.3 Å². The van der Waals surface area contributed by atoms with Gasteiger partial charge in [-0.05, 0) is 24.5 Å². The lowest BCUT2D eigenvalue weighted by Crippen LogP contribution is -2.29. The van der Waals surface area contributed by atoms with Gasteiger partial charge in [0.2, 0.25) is 5.91 Å². The van der Waals surface area contributed by atoms with E-state index in [-0.39, 0.29) is 18.3 Å². The van der Waals surface area contributed by atoms with Gasteiger partial charge in [-0.1, -0.05) is 32.0 Å². The summed E-state index contributed by atoms with van der Waals surface area (Å²) in [5.74, 6) is 0.597. The first-order valence-electron chi connectivity index (χ1n) is 5.28. The molecule has 0 bridgehead atoms. The van der Waals surface area contributed by atoms with Crippen molar-refractivity contribution in [3.8, 4) is 0 Å². The second-order valence-corrected chi connectivity index (χ2v) is 3.97. The van der Waals surface area contributed by atoms with Crippen molar-refractivity contribution in [3.63, 3.8) is 0 Å². The maximum Gasteiger partial charge on any atom is 0.238 e. The highest BCUT2D eigenvalue weighted by Crippen LogP contribution is 2.04. The molecule has 0 aromatic heterocycles. The Bertz CT molecular complexity index is 301. The van der Waals surface area contributed by atoms with Crippen molar-refractivity contribution in [2.24, 2.45) is 5.92 Å². The highest BCUT2D eigenvalue weighted by atomic mass is 35.5. The lowest BCUT2D eigenvalue weighted by Gasteiger charge is -2.08. The maximum atomic E-state index is 11.3. The first-order chi connectivity index (χ1) is 7.18. The molecule has 16 heavy (non-hydrogen) atoms. The number of para-hydroxylation sites is 1. The lowest BCUT2D eigenvalue weighted by molar-refractivity contribution is -0.120. The van der Waals surface area contributed by atoms with Crippen LogP contribution in [0.3, 0.4) is 0 Å². The number of rotatable bonds is 5. The predicted molar refractivity (Wildman–Crippen MR) is 69.5 cm³/mol. The maximum absolute atomic E-state index is 11.3. The van der Waals surface area contributed by atoms with Crippen molar-refractivity contribution < 1.29 is 4.79 Å². The summed E-state index contributed by atoms with van der Waals surface area (Å²) in [6, 6.07) is 9.59. The van der Waals surface area contributed by atoms with Gasteiger partial charge in [0.15, 0.2) is 0 Å². The van der Waals surface area contributed by atoms with E-state index in [0.717, 1.165) is 12.1 Å². The number of anilines is 1. The number of amides is 1. The van der Waals surface area contributed by atoms with Crippen LogP contribution in [0.2, 0.25) is 0 Å². The van der Waals surface area contributed by atoms with Gasteiger partial charge in [-0.2, -0.15) is 0 Å². The summed E-state index contributed by atoms with van der Waals surface area (Å²) in [5.41, 5.74) is 6.43. The molecule has 1 rings (SSSR count). The zero-order chi connectivity index (χ0) is 11.1. The van der Waals surface area contributed by atoms with Crippen molar-refractivity contribution in [1.82, 2.24) is 5.43 Å². The largest absolute Gasteiger partial charge is 0.299 e. The molecular weight excluding hydrogens is 224 g/mol. The van der Waals surface area contributed by atoms with Crippen molar-refractivity contribution in [1.29, 1.82) is 0 Å². The Labute approximate surface area is 103 Å². The second kappa shape index (κ2) is 7.99. The molecule has 1 aromatic rings. The Morgan fingerprint density at radius 1 is 1.25 bits per heavy atom. The number of hydrazine groups is 1. The fraction of sp³-hybridized carbons (Fsp3) is 0.417. The quantitative estimate of drug-likeness (QED) is 0.780. The monoisotopic (exact) mass is 242 g/mol. The summed E-state index contributed by atoms with van der Waals surface area (Å²) >= 11 is 0. The Morgan fingerprint density at radius 2 is 1.88 bits per heavy atom. The number of carbonyl (C=O) groups excluding carboxylic acids is 1. The molecule has 0 unspecified atom stereocenters. The van der Waals surface area contributed by atoms with E-state index in [1.807, 2.05) is 30.3 Å². The molecule has 0 saturated heterocycles. The number of halogens is 1. The topological polar surface area (TPSA) is 41.1 Å². The molecule has 1 amide bonds. The average molecular weight is 243 g/mol. The summed E-state index contributed by atoms with van der Waals surface area (Å²) in [6.07, 6.45) is 1.49. The predicted octanol–water partition coefficient (Wildman–Crippen LogP) is 2.99. The number of hydrogen-bond donors (Lipinski definition) is 2. The highest BCUT2D eigenvalue weighted by Gasteiger charge is 2.02. The van der Waals surface area contributed by atoms with Crippen LogP contribution in [0.25, 0.3) is 0 Å². The lowest BCUT2D eigenvalue weighted by atomic mass is 10.1. The van der Waals surface area contributed by atoms with E-state index in [2.05, 4.69) is 24.7 Å². The minimum Gasteiger partial charge on any atom is -0.299 e. The Hall–Kier alpha value is -1.22. The van der Waals surface area contributed by atoms with Crippen LogP contribution >= 0.6 is 12.4 Å². The van der Waals surface area contributed by atoms with Crippen molar-refractivity contribution in [2.45, 2.75) is 26.7 Å². The van der Waals surface area contributed by atoms with E-state index >= 15 is 0 Å². The minimum atomic E-state index is 0. The molecular formula is C12H19ClN2O. The van der Waals surface area contributed by atoms with Crippen LogP contribution in [0.5, 0.6) is 0 Å². The molecule has 0 aliphatic heterocycles.